The maximum Gasteiger partial charge on any atom is 0.162 e. The van der Waals surface area contributed by atoms with E-state index in [9.17, 15) is 0 Å². The molecular formula is C23H22N4O2. The van der Waals surface area contributed by atoms with Gasteiger partial charge in [0.2, 0.25) is 0 Å². The molecule has 2 aromatic carbocycles. The molecule has 6 nitrogen and oxygen atoms in total. The highest BCUT2D eigenvalue weighted by atomic mass is 16.5. The molecule has 2 heterocycles. The molecule has 0 amide bonds. The van der Waals surface area contributed by atoms with E-state index in [0.717, 1.165) is 40.9 Å². The number of nitrogens with zero attached hydrogens (tertiary/aromatic N) is 4. The number of benzene rings is 2. The Morgan fingerprint density at radius 3 is 2.90 bits per heavy atom. The number of hydrogen-bond acceptors (Lipinski definition) is 5. The molecule has 0 N–H and O–H groups in total. The van der Waals surface area contributed by atoms with Gasteiger partial charge in [-0.25, -0.2) is 14.6 Å². The molecule has 0 saturated heterocycles. The van der Waals surface area contributed by atoms with Crippen molar-refractivity contribution in [2.24, 2.45) is 0 Å². The van der Waals surface area contributed by atoms with Crippen LogP contribution in [0.5, 0.6) is 11.5 Å². The van der Waals surface area contributed by atoms with Crippen molar-refractivity contribution in [1.29, 1.82) is 0 Å². The van der Waals surface area contributed by atoms with Crippen molar-refractivity contribution in [3.05, 3.63) is 66.1 Å². The Morgan fingerprint density at radius 1 is 1.14 bits per heavy atom. The van der Waals surface area contributed by atoms with Crippen LogP contribution >= 0.6 is 0 Å². The molecule has 0 spiro atoms. The fraction of sp³-hybridized carbons (Fsp3) is 0.261. The molecule has 4 aromatic rings. The van der Waals surface area contributed by atoms with Crippen LogP contribution in [0, 0.1) is 0 Å². The van der Waals surface area contributed by atoms with Crippen molar-refractivity contribution in [2.75, 3.05) is 13.7 Å². The average molecular weight is 386 g/mol. The summed E-state index contributed by atoms with van der Waals surface area (Å²) in [5.74, 6) is 1.42. The molecule has 0 bridgehead atoms. The first-order valence-corrected chi connectivity index (χ1v) is 9.87. The van der Waals surface area contributed by atoms with Gasteiger partial charge in [0.1, 0.15) is 12.0 Å². The Labute approximate surface area is 169 Å². The van der Waals surface area contributed by atoms with E-state index in [0.29, 0.717) is 12.4 Å². The Hall–Kier alpha value is -3.41. The fourth-order valence-corrected chi connectivity index (χ4v) is 4.19. The highest BCUT2D eigenvalue weighted by molar-refractivity contribution is 5.91. The normalized spacial score (nSPS) is 15.4. The molecular weight excluding hydrogens is 364 g/mol. The second-order valence-corrected chi connectivity index (χ2v) is 7.11. The maximum absolute atomic E-state index is 5.66. The van der Waals surface area contributed by atoms with Gasteiger partial charge in [0.05, 0.1) is 25.1 Å². The Morgan fingerprint density at radius 2 is 2.03 bits per heavy atom. The molecule has 1 aliphatic carbocycles. The van der Waals surface area contributed by atoms with Crippen molar-refractivity contribution in [3.8, 4) is 22.8 Å². The van der Waals surface area contributed by atoms with E-state index in [4.69, 9.17) is 14.6 Å². The predicted molar refractivity (Wildman–Crippen MR) is 111 cm³/mol. The van der Waals surface area contributed by atoms with Crippen LogP contribution in [-0.4, -0.2) is 33.5 Å². The number of aromatic nitrogens is 4. The topological polar surface area (TPSA) is 62.1 Å². The summed E-state index contributed by atoms with van der Waals surface area (Å²) < 4.78 is 13.2. The van der Waals surface area contributed by atoms with Gasteiger partial charge in [0, 0.05) is 11.8 Å². The molecule has 6 heteroatoms. The van der Waals surface area contributed by atoms with Crippen LogP contribution in [0.4, 0.5) is 0 Å². The van der Waals surface area contributed by atoms with Gasteiger partial charge in [-0.2, -0.15) is 5.10 Å². The lowest BCUT2D eigenvalue weighted by atomic mass is 10.1. The Bertz CT molecular complexity index is 1180. The van der Waals surface area contributed by atoms with Crippen LogP contribution in [0.25, 0.3) is 22.3 Å². The minimum atomic E-state index is 0.182. The molecule has 2 aromatic heterocycles. The van der Waals surface area contributed by atoms with E-state index in [1.165, 1.54) is 11.1 Å². The highest BCUT2D eigenvalue weighted by Crippen LogP contribution is 2.39. The Kier molecular flexibility index (Phi) is 4.39. The molecule has 0 aliphatic heterocycles. The lowest BCUT2D eigenvalue weighted by Crippen LogP contribution is -2.09. The predicted octanol–water partition coefficient (Wildman–Crippen LogP) is 4.44. The number of fused-ring (bicyclic) bond motifs is 2. The van der Waals surface area contributed by atoms with Crippen LogP contribution in [0.1, 0.15) is 30.5 Å². The van der Waals surface area contributed by atoms with Gasteiger partial charge in [0.15, 0.2) is 17.1 Å². The maximum atomic E-state index is 5.66. The SMILES string of the molecule is CCOc1ccc(-c2nn(C3CCc4ccccc43)c3ncncc23)cc1OC. The zero-order valence-corrected chi connectivity index (χ0v) is 16.5. The van der Waals surface area contributed by atoms with Crippen LogP contribution in [0.15, 0.2) is 55.0 Å². The minimum Gasteiger partial charge on any atom is -0.493 e. The van der Waals surface area contributed by atoms with Gasteiger partial charge in [-0.3, -0.25) is 0 Å². The first kappa shape index (κ1) is 17.7. The number of methoxy groups -OCH3 is 1. The van der Waals surface area contributed by atoms with E-state index in [1.54, 1.807) is 13.4 Å². The summed E-state index contributed by atoms with van der Waals surface area (Å²) in [6.45, 7) is 2.54. The van der Waals surface area contributed by atoms with E-state index < -0.39 is 0 Å². The van der Waals surface area contributed by atoms with Crippen molar-refractivity contribution < 1.29 is 9.47 Å². The minimum absolute atomic E-state index is 0.182. The van der Waals surface area contributed by atoms with E-state index >= 15 is 0 Å². The largest absolute Gasteiger partial charge is 0.493 e. The molecule has 1 atom stereocenters. The zero-order chi connectivity index (χ0) is 19.8. The molecule has 5 rings (SSSR count). The summed E-state index contributed by atoms with van der Waals surface area (Å²) in [6, 6.07) is 14.7. The van der Waals surface area contributed by atoms with Gasteiger partial charge >= 0.3 is 0 Å². The van der Waals surface area contributed by atoms with Crippen molar-refractivity contribution in [2.45, 2.75) is 25.8 Å². The average Bonchev–Trinajstić information content (AvgIpc) is 3.36. The van der Waals surface area contributed by atoms with E-state index in [1.807, 2.05) is 31.3 Å². The third-order valence-electron chi connectivity index (χ3n) is 5.50. The second-order valence-electron chi connectivity index (χ2n) is 7.11. The van der Waals surface area contributed by atoms with Crippen LogP contribution in [0.2, 0.25) is 0 Å². The smallest absolute Gasteiger partial charge is 0.162 e. The molecule has 0 fully saturated rings. The number of hydrogen-bond donors (Lipinski definition) is 0. The van der Waals surface area contributed by atoms with Crippen LogP contribution in [0.3, 0.4) is 0 Å². The first-order chi connectivity index (χ1) is 14.3. The quantitative estimate of drug-likeness (QED) is 0.508. The second kappa shape index (κ2) is 7.20. The van der Waals surface area contributed by atoms with Crippen molar-refractivity contribution in [3.63, 3.8) is 0 Å². The van der Waals surface area contributed by atoms with Crippen molar-refractivity contribution >= 4 is 11.0 Å². The zero-order valence-electron chi connectivity index (χ0n) is 16.5. The van der Waals surface area contributed by atoms with Gasteiger partial charge in [-0.1, -0.05) is 24.3 Å². The molecule has 1 aliphatic rings. The number of ether oxygens (including phenoxy) is 2. The summed E-state index contributed by atoms with van der Waals surface area (Å²) in [7, 11) is 1.65. The molecule has 29 heavy (non-hydrogen) atoms. The molecule has 1 unspecified atom stereocenters. The van der Waals surface area contributed by atoms with Gasteiger partial charge in [0.25, 0.3) is 0 Å². The number of rotatable bonds is 5. The third kappa shape index (κ3) is 2.92. The first-order valence-electron chi connectivity index (χ1n) is 9.87. The molecule has 146 valence electrons. The van der Waals surface area contributed by atoms with Crippen LogP contribution < -0.4 is 9.47 Å². The van der Waals surface area contributed by atoms with E-state index in [-0.39, 0.29) is 6.04 Å². The van der Waals surface area contributed by atoms with Gasteiger partial charge < -0.3 is 9.47 Å². The van der Waals surface area contributed by atoms with E-state index in [2.05, 4.69) is 38.9 Å². The fourth-order valence-electron chi connectivity index (χ4n) is 4.19. The summed E-state index contributed by atoms with van der Waals surface area (Å²) in [5.41, 5.74) is 5.37. The summed E-state index contributed by atoms with van der Waals surface area (Å²) >= 11 is 0. The summed E-state index contributed by atoms with van der Waals surface area (Å²) in [6.07, 6.45) is 5.50. The summed E-state index contributed by atoms with van der Waals surface area (Å²) in [4.78, 5) is 8.82. The Balaban J connectivity index is 1.66. The highest BCUT2D eigenvalue weighted by Gasteiger charge is 2.27. The molecule has 0 saturated carbocycles. The van der Waals surface area contributed by atoms with Crippen LogP contribution in [-0.2, 0) is 6.42 Å². The van der Waals surface area contributed by atoms with Gasteiger partial charge in [-0.15, -0.1) is 0 Å². The standard InChI is InChI=1S/C23H22N4O2/c1-3-29-20-11-9-16(12-21(20)28-2)22-18-13-24-14-25-23(18)27(26-22)19-10-8-15-6-4-5-7-17(15)19/h4-7,9,11-14,19H,3,8,10H2,1-2H3. The number of aryl methyl sites for hydroxylation is 1. The lowest BCUT2D eigenvalue weighted by molar-refractivity contribution is 0.311. The lowest BCUT2D eigenvalue weighted by Gasteiger charge is -2.13. The van der Waals surface area contributed by atoms with Gasteiger partial charge in [-0.05, 0) is 49.1 Å². The monoisotopic (exact) mass is 386 g/mol. The summed E-state index contributed by atoms with van der Waals surface area (Å²) in [5, 5.41) is 5.94. The van der Waals surface area contributed by atoms with Crippen molar-refractivity contribution in [1.82, 2.24) is 19.7 Å². The third-order valence-corrected chi connectivity index (χ3v) is 5.50. The molecule has 0 radical (unpaired) electrons.